The van der Waals surface area contributed by atoms with Crippen molar-refractivity contribution in [1.29, 1.82) is 0 Å². The summed E-state index contributed by atoms with van der Waals surface area (Å²) < 4.78 is 5.59. The molecular formula is C11H17NO. The SMILES string of the molecule is CC(COc1ccccc1)N(C)C. The molecule has 0 saturated carbocycles. The molecule has 0 radical (unpaired) electrons. The molecule has 0 amide bonds. The van der Waals surface area contributed by atoms with Crippen LogP contribution in [0.3, 0.4) is 0 Å². The summed E-state index contributed by atoms with van der Waals surface area (Å²) in [5.74, 6) is 0.941. The van der Waals surface area contributed by atoms with Crippen molar-refractivity contribution in [2.75, 3.05) is 20.7 Å². The van der Waals surface area contributed by atoms with Gasteiger partial charge in [0.1, 0.15) is 12.4 Å². The smallest absolute Gasteiger partial charge is 0.119 e. The zero-order valence-corrected chi connectivity index (χ0v) is 8.53. The van der Waals surface area contributed by atoms with Gasteiger partial charge in [0, 0.05) is 6.04 Å². The predicted molar refractivity (Wildman–Crippen MR) is 55.1 cm³/mol. The highest BCUT2D eigenvalue weighted by Crippen LogP contribution is 2.08. The maximum Gasteiger partial charge on any atom is 0.119 e. The largest absolute Gasteiger partial charge is 0.492 e. The summed E-state index contributed by atoms with van der Waals surface area (Å²) >= 11 is 0. The molecule has 0 fully saturated rings. The van der Waals surface area contributed by atoms with Crippen LogP contribution in [0.25, 0.3) is 0 Å². The second kappa shape index (κ2) is 4.87. The molecule has 0 aliphatic carbocycles. The molecule has 72 valence electrons. The van der Waals surface area contributed by atoms with Crippen LogP contribution in [-0.4, -0.2) is 31.6 Å². The summed E-state index contributed by atoms with van der Waals surface area (Å²) in [5.41, 5.74) is 0. The quantitative estimate of drug-likeness (QED) is 0.701. The molecule has 0 aromatic heterocycles. The van der Waals surface area contributed by atoms with Gasteiger partial charge in [0.25, 0.3) is 0 Å². The van der Waals surface area contributed by atoms with E-state index < -0.39 is 0 Å². The molecule has 0 bridgehead atoms. The van der Waals surface area contributed by atoms with Crippen LogP contribution in [0.5, 0.6) is 5.75 Å². The lowest BCUT2D eigenvalue weighted by molar-refractivity contribution is 0.198. The van der Waals surface area contributed by atoms with Crippen LogP contribution in [0, 0.1) is 0 Å². The molecule has 2 heteroatoms. The van der Waals surface area contributed by atoms with Gasteiger partial charge in [0.05, 0.1) is 0 Å². The van der Waals surface area contributed by atoms with Gasteiger partial charge in [-0.3, -0.25) is 0 Å². The Morgan fingerprint density at radius 2 is 1.85 bits per heavy atom. The highest BCUT2D eigenvalue weighted by molar-refractivity contribution is 5.20. The van der Waals surface area contributed by atoms with Gasteiger partial charge in [-0.25, -0.2) is 0 Å². The average molecular weight is 179 g/mol. The molecule has 2 nitrogen and oxygen atoms in total. The first kappa shape index (κ1) is 10.1. The molecular weight excluding hydrogens is 162 g/mol. The summed E-state index contributed by atoms with van der Waals surface area (Å²) in [7, 11) is 4.11. The molecule has 1 aromatic rings. The average Bonchev–Trinajstić information content (AvgIpc) is 2.15. The van der Waals surface area contributed by atoms with Crippen LogP contribution in [-0.2, 0) is 0 Å². The standard InChI is InChI=1S/C11H17NO/c1-10(12(2)3)9-13-11-7-5-4-6-8-11/h4-8,10H,9H2,1-3H3. The molecule has 1 rings (SSSR count). The van der Waals surface area contributed by atoms with Crippen molar-refractivity contribution >= 4 is 0 Å². The monoisotopic (exact) mass is 179 g/mol. The molecule has 0 saturated heterocycles. The molecule has 1 atom stereocenters. The lowest BCUT2D eigenvalue weighted by atomic mass is 10.3. The number of rotatable bonds is 4. The molecule has 1 unspecified atom stereocenters. The second-order valence-electron chi connectivity index (χ2n) is 3.44. The topological polar surface area (TPSA) is 12.5 Å². The summed E-state index contributed by atoms with van der Waals surface area (Å²) in [6.07, 6.45) is 0. The van der Waals surface area contributed by atoms with Gasteiger partial charge in [0.15, 0.2) is 0 Å². The highest BCUT2D eigenvalue weighted by Gasteiger charge is 2.04. The third-order valence-corrected chi connectivity index (χ3v) is 2.12. The number of likely N-dealkylation sites (N-methyl/N-ethyl adjacent to an activating group) is 1. The van der Waals surface area contributed by atoms with E-state index >= 15 is 0 Å². The van der Waals surface area contributed by atoms with Gasteiger partial charge < -0.3 is 9.64 Å². The van der Waals surface area contributed by atoms with Crippen LogP contribution in [0.4, 0.5) is 0 Å². The van der Waals surface area contributed by atoms with Gasteiger partial charge >= 0.3 is 0 Å². The Balaban J connectivity index is 2.35. The van der Waals surface area contributed by atoms with Crippen LogP contribution in [0.2, 0.25) is 0 Å². The fraction of sp³-hybridized carbons (Fsp3) is 0.455. The first-order valence-electron chi connectivity index (χ1n) is 4.54. The van der Waals surface area contributed by atoms with Gasteiger partial charge in [-0.05, 0) is 33.2 Å². The lowest BCUT2D eigenvalue weighted by Crippen LogP contribution is -2.30. The Morgan fingerprint density at radius 3 is 2.38 bits per heavy atom. The Labute approximate surface area is 80.1 Å². The van der Waals surface area contributed by atoms with E-state index in [0.717, 1.165) is 12.4 Å². The minimum absolute atomic E-state index is 0.445. The fourth-order valence-electron chi connectivity index (χ4n) is 0.883. The molecule has 13 heavy (non-hydrogen) atoms. The van der Waals surface area contributed by atoms with Crippen LogP contribution >= 0.6 is 0 Å². The number of nitrogens with zero attached hydrogens (tertiary/aromatic N) is 1. The second-order valence-corrected chi connectivity index (χ2v) is 3.44. The highest BCUT2D eigenvalue weighted by atomic mass is 16.5. The fourth-order valence-corrected chi connectivity index (χ4v) is 0.883. The van der Waals surface area contributed by atoms with E-state index in [1.807, 2.05) is 30.3 Å². The van der Waals surface area contributed by atoms with E-state index in [9.17, 15) is 0 Å². The van der Waals surface area contributed by atoms with Gasteiger partial charge in [0.2, 0.25) is 0 Å². The third-order valence-electron chi connectivity index (χ3n) is 2.12. The summed E-state index contributed by atoms with van der Waals surface area (Å²) in [5, 5.41) is 0. The first-order chi connectivity index (χ1) is 6.20. The minimum atomic E-state index is 0.445. The Kier molecular flexibility index (Phi) is 3.77. The van der Waals surface area contributed by atoms with Crippen molar-refractivity contribution < 1.29 is 4.74 Å². The molecule has 0 N–H and O–H groups in total. The number of para-hydroxylation sites is 1. The maximum absolute atomic E-state index is 5.59. The zero-order valence-electron chi connectivity index (χ0n) is 8.53. The molecule has 0 spiro atoms. The Hall–Kier alpha value is -1.02. The summed E-state index contributed by atoms with van der Waals surface area (Å²) in [6.45, 7) is 2.87. The van der Waals surface area contributed by atoms with Crippen molar-refractivity contribution in [3.63, 3.8) is 0 Å². The van der Waals surface area contributed by atoms with Crippen LogP contribution in [0.1, 0.15) is 6.92 Å². The Morgan fingerprint density at radius 1 is 1.23 bits per heavy atom. The molecule has 0 aliphatic heterocycles. The van der Waals surface area contributed by atoms with Crippen molar-refractivity contribution in [2.45, 2.75) is 13.0 Å². The van der Waals surface area contributed by atoms with Crippen molar-refractivity contribution in [3.8, 4) is 5.75 Å². The van der Waals surface area contributed by atoms with Crippen LogP contribution in [0.15, 0.2) is 30.3 Å². The number of hydrogen-bond acceptors (Lipinski definition) is 2. The Bertz CT molecular complexity index is 233. The molecule has 0 aliphatic rings. The third kappa shape index (κ3) is 3.47. The van der Waals surface area contributed by atoms with E-state index in [0.29, 0.717) is 6.04 Å². The van der Waals surface area contributed by atoms with Crippen molar-refractivity contribution in [1.82, 2.24) is 4.90 Å². The molecule has 1 aromatic carbocycles. The van der Waals surface area contributed by atoms with Crippen LogP contribution < -0.4 is 4.74 Å². The predicted octanol–water partition coefficient (Wildman–Crippen LogP) is 2.02. The zero-order chi connectivity index (χ0) is 9.68. The van der Waals surface area contributed by atoms with E-state index in [1.54, 1.807) is 0 Å². The first-order valence-corrected chi connectivity index (χ1v) is 4.54. The van der Waals surface area contributed by atoms with Gasteiger partial charge in [-0.1, -0.05) is 18.2 Å². The number of ether oxygens (including phenoxy) is 1. The van der Waals surface area contributed by atoms with Gasteiger partial charge in [-0.2, -0.15) is 0 Å². The summed E-state index contributed by atoms with van der Waals surface area (Å²) in [6, 6.07) is 10.3. The summed E-state index contributed by atoms with van der Waals surface area (Å²) in [4.78, 5) is 2.14. The lowest BCUT2D eigenvalue weighted by Gasteiger charge is -2.19. The maximum atomic E-state index is 5.59. The normalized spacial score (nSPS) is 12.9. The number of benzene rings is 1. The van der Waals surface area contributed by atoms with E-state index in [4.69, 9.17) is 4.74 Å². The molecule has 0 heterocycles. The van der Waals surface area contributed by atoms with E-state index in [2.05, 4.69) is 25.9 Å². The van der Waals surface area contributed by atoms with Crippen molar-refractivity contribution in [3.05, 3.63) is 30.3 Å². The van der Waals surface area contributed by atoms with Crippen molar-refractivity contribution in [2.24, 2.45) is 0 Å². The number of hydrogen-bond donors (Lipinski definition) is 0. The van der Waals surface area contributed by atoms with Gasteiger partial charge in [-0.15, -0.1) is 0 Å². The minimum Gasteiger partial charge on any atom is -0.492 e. The van der Waals surface area contributed by atoms with E-state index in [1.165, 1.54) is 0 Å². The van der Waals surface area contributed by atoms with E-state index in [-0.39, 0.29) is 0 Å².